The number of rotatable bonds is 10. The number of carbonyl (C=O) groups excluding carboxylic acids is 1. The van der Waals surface area contributed by atoms with Crippen LogP contribution in [-0.2, 0) is 16.6 Å². The molecule has 6 nitrogen and oxygen atoms in total. The minimum absolute atomic E-state index is 0.145. The van der Waals surface area contributed by atoms with Gasteiger partial charge in [0.05, 0.1) is 4.90 Å². The molecule has 0 saturated heterocycles. The van der Waals surface area contributed by atoms with E-state index in [1.165, 1.54) is 4.31 Å². The number of nitrogens with zero attached hydrogens (tertiary/aromatic N) is 2. The first-order chi connectivity index (χ1) is 13.7. The summed E-state index contributed by atoms with van der Waals surface area (Å²) in [7, 11) is 0.243. The van der Waals surface area contributed by atoms with Crippen molar-refractivity contribution in [3.63, 3.8) is 0 Å². The number of hydrogen-bond donors (Lipinski definition) is 1. The highest BCUT2D eigenvalue weighted by Crippen LogP contribution is 2.19. The van der Waals surface area contributed by atoms with E-state index in [4.69, 9.17) is 0 Å². The molecular weight excluding hydrogens is 386 g/mol. The average Bonchev–Trinajstić information content (AvgIpc) is 2.68. The minimum Gasteiger partial charge on any atom is -0.351 e. The molecular formula is C22H29N3O3S. The fraction of sp³-hybridized carbons (Fsp3) is 0.318. The number of amides is 1. The predicted octanol–water partition coefficient (Wildman–Crippen LogP) is 2.66. The van der Waals surface area contributed by atoms with E-state index in [-0.39, 0.29) is 23.9 Å². The van der Waals surface area contributed by atoms with Gasteiger partial charge in [0.25, 0.3) is 5.91 Å². The molecule has 156 valence electrons. The molecule has 2 rings (SSSR count). The molecule has 0 aliphatic rings. The third-order valence-electron chi connectivity index (χ3n) is 4.41. The molecule has 0 heterocycles. The molecule has 0 aliphatic carbocycles. The van der Waals surface area contributed by atoms with Gasteiger partial charge in [0.2, 0.25) is 10.0 Å². The Morgan fingerprint density at radius 3 is 2.24 bits per heavy atom. The molecule has 2 aromatic rings. The van der Waals surface area contributed by atoms with Crippen molar-refractivity contribution in [3.8, 4) is 0 Å². The highest BCUT2D eigenvalue weighted by atomic mass is 32.2. The second kappa shape index (κ2) is 10.3. The molecule has 1 N–H and O–H groups in total. The first-order valence-electron chi connectivity index (χ1n) is 9.43. The second-order valence-corrected chi connectivity index (χ2v) is 9.09. The standard InChI is InChI=1S/C22H29N3O3S/c1-5-15-25(29(27,28)21-12-6-18(2)7-13-21)17-19-8-10-20(11-9-19)22(26)23-14-16-24(3)4/h5-13H,1,14-17H2,2-4H3,(H,23,26). The Kier molecular flexibility index (Phi) is 8.13. The Morgan fingerprint density at radius 2 is 1.69 bits per heavy atom. The molecule has 0 fully saturated rings. The average molecular weight is 416 g/mol. The van der Waals surface area contributed by atoms with Crippen molar-refractivity contribution in [2.24, 2.45) is 0 Å². The fourth-order valence-corrected chi connectivity index (χ4v) is 4.11. The van der Waals surface area contributed by atoms with E-state index in [9.17, 15) is 13.2 Å². The first kappa shape index (κ1) is 22.8. The van der Waals surface area contributed by atoms with Crippen molar-refractivity contribution in [1.82, 2.24) is 14.5 Å². The molecule has 0 atom stereocenters. The van der Waals surface area contributed by atoms with E-state index in [0.29, 0.717) is 12.1 Å². The molecule has 0 aromatic heterocycles. The summed E-state index contributed by atoms with van der Waals surface area (Å²) >= 11 is 0. The van der Waals surface area contributed by atoms with Crippen molar-refractivity contribution in [1.29, 1.82) is 0 Å². The van der Waals surface area contributed by atoms with Crippen LogP contribution in [0, 0.1) is 6.92 Å². The van der Waals surface area contributed by atoms with Crippen molar-refractivity contribution in [2.75, 3.05) is 33.7 Å². The van der Waals surface area contributed by atoms with Gasteiger partial charge in [-0.2, -0.15) is 4.31 Å². The Labute approximate surface area is 173 Å². The van der Waals surface area contributed by atoms with Crippen LogP contribution < -0.4 is 5.32 Å². The molecule has 0 radical (unpaired) electrons. The lowest BCUT2D eigenvalue weighted by Gasteiger charge is -2.21. The summed E-state index contributed by atoms with van der Waals surface area (Å²) in [5.41, 5.74) is 2.34. The summed E-state index contributed by atoms with van der Waals surface area (Å²) in [5.74, 6) is -0.145. The Hall–Kier alpha value is -2.48. The first-order valence-corrected chi connectivity index (χ1v) is 10.9. The van der Waals surface area contributed by atoms with E-state index < -0.39 is 10.0 Å². The van der Waals surface area contributed by atoms with Gasteiger partial charge in [0, 0.05) is 31.7 Å². The Balaban J connectivity index is 2.11. The zero-order valence-electron chi connectivity index (χ0n) is 17.3. The number of benzene rings is 2. The predicted molar refractivity (Wildman–Crippen MR) is 116 cm³/mol. The van der Waals surface area contributed by atoms with E-state index in [2.05, 4.69) is 11.9 Å². The van der Waals surface area contributed by atoms with Crippen molar-refractivity contribution < 1.29 is 13.2 Å². The summed E-state index contributed by atoms with van der Waals surface area (Å²) in [6.07, 6.45) is 1.57. The second-order valence-electron chi connectivity index (χ2n) is 7.16. The highest BCUT2D eigenvalue weighted by molar-refractivity contribution is 7.89. The Morgan fingerprint density at radius 1 is 1.07 bits per heavy atom. The lowest BCUT2D eigenvalue weighted by molar-refractivity contribution is 0.0951. The molecule has 0 aliphatic heterocycles. The van der Waals surface area contributed by atoms with Crippen LogP contribution in [0.4, 0.5) is 0 Å². The van der Waals surface area contributed by atoms with Crippen molar-refractivity contribution in [3.05, 3.63) is 77.9 Å². The van der Waals surface area contributed by atoms with E-state index >= 15 is 0 Å². The largest absolute Gasteiger partial charge is 0.351 e. The van der Waals surface area contributed by atoms with E-state index in [0.717, 1.165) is 17.7 Å². The number of aryl methyl sites for hydroxylation is 1. The number of hydrogen-bond acceptors (Lipinski definition) is 4. The molecule has 2 aromatic carbocycles. The van der Waals surface area contributed by atoms with Gasteiger partial charge in [0.15, 0.2) is 0 Å². The van der Waals surface area contributed by atoms with Crippen LogP contribution in [0.3, 0.4) is 0 Å². The van der Waals surface area contributed by atoms with E-state index in [1.807, 2.05) is 25.9 Å². The van der Waals surface area contributed by atoms with Gasteiger partial charge in [-0.25, -0.2) is 8.42 Å². The summed E-state index contributed by atoms with van der Waals surface area (Å²) in [5, 5.41) is 2.86. The lowest BCUT2D eigenvalue weighted by Crippen LogP contribution is -2.31. The van der Waals surface area contributed by atoms with Gasteiger partial charge in [-0.05, 0) is 50.8 Å². The molecule has 29 heavy (non-hydrogen) atoms. The van der Waals surface area contributed by atoms with Gasteiger partial charge >= 0.3 is 0 Å². The Bertz CT molecular complexity index is 921. The lowest BCUT2D eigenvalue weighted by atomic mass is 10.1. The topological polar surface area (TPSA) is 69.7 Å². The van der Waals surface area contributed by atoms with Crippen LogP contribution in [0.5, 0.6) is 0 Å². The normalized spacial score (nSPS) is 11.6. The van der Waals surface area contributed by atoms with Crippen LogP contribution in [0.1, 0.15) is 21.5 Å². The molecule has 1 amide bonds. The maximum absolute atomic E-state index is 13.0. The number of carbonyl (C=O) groups is 1. The summed E-state index contributed by atoms with van der Waals surface area (Å²) in [4.78, 5) is 14.4. The maximum Gasteiger partial charge on any atom is 0.251 e. The summed E-state index contributed by atoms with van der Waals surface area (Å²) in [6.45, 7) is 7.31. The van der Waals surface area contributed by atoms with Crippen LogP contribution in [-0.4, -0.2) is 57.3 Å². The third kappa shape index (κ3) is 6.52. The smallest absolute Gasteiger partial charge is 0.251 e. The van der Waals surface area contributed by atoms with Crippen molar-refractivity contribution in [2.45, 2.75) is 18.4 Å². The number of nitrogens with one attached hydrogen (secondary N) is 1. The number of likely N-dealkylation sites (N-methyl/N-ethyl adjacent to an activating group) is 1. The van der Waals surface area contributed by atoms with Gasteiger partial charge in [-0.1, -0.05) is 35.9 Å². The summed E-state index contributed by atoms with van der Waals surface area (Å²) in [6, 6.07) is 13.8. The van der Waals surface area contributed by atoms with Crippen LogP contribution >= 0.6 is 0 Å². The van der Waals surface area contributed by atoms with Gasteiger partial charge in [-0.3, -0.25) is 4.79 Å². The van der Waals surface area contributed by atoms with E-state index in [1.54, 1.807) is 54.6 Å². The van der Waals surface area contributed by atoms with Crippen LogP contribution in [0.15, 0.2) is 66.1 Å². The molecule has 0 bridgehead atoms. The van der Waals surface area contributed by atoms with Gasteiger partial charge in [0.1, 0.15) is 0 Å². The van der Waals surface area contributed by atoms with Crippen molar-refractivity contribution >= 4 is 15.9 Å². The van der Waals surface area contributed by atoms with Crippen LogP contribution in [0.25, 0.3) is 0 Å². The monoisotopic (exact) mass is 415 g/mol. The highest BCUT2D eigenvalue weighted by Gasteiger charge is 2.23. The zero-order chi connectivity index (χ0) is 21.4. The van der Waals surface area contributed by atoms with Crippen LogP contribution in [0.2, 0.25) is 0 Å². The molecule has 7 heteroatoms. The minimum atomic E-state index is -3.65. The molecule has 0 spiro atoms. The molecule has 0 unspecified atom stereocenters. The van der Waals surface area contributed by atoms with Gasteiger partial charge in [-0.15, -0.1) is 6.58 Å². The third-order valence-corrected chi connectivity index (χ3v) is 6.24. The SMILES string of the molecule is C=CCN(Cc1ccc(C(=O)NCCN(C)C)cc1)S(=O)(=O)c1ccc(C)cc1. The quantitative estimate of drug-likeness (QED) is 0.606. The zero-order valence-corrected chi connectivity index (χ0v) is 18.1. The van der Waals surface area contributed by atoms with Gasteiger partial charge < -0.3 is 10.2 Å². The fourth-order valence-electron chi connectivity index (χ4n) is 2.71. The molecule has 0 saturated carbocycles. The number of sulfonamides is 1. The maximum atomic E-state index is 13.0. The summed E-state index contributed by atoms with van der Waals surface area (Å²) < 4.78 is 27.4.